The highest BCUT2D eigenvalue weighted by Crippen LogP contribution is 2.36. The van der Waals surface area contributed by atoms with Gasteiger partial charge in [-0.1, -0.05) is 28.9 Å². The minimum atomic E-state index is -4.50. The highest BCUT2D eigenvalue weighted by atomic mass is 35.5. The van der Waals surface area contributed by atoms with Crippen molar-refractivity contribution in [2.75, 3.05) is 10.7 Å². The van der Waals surface area contributed by atoms with E-state index in [0.717, 1.165) is 5.56 Å². The molecule has 4 rings (SSSR count). The van der Waals surface area contributed by atoms with Crippen LogP contribution in [0.4, 0.5) is 23.8 Å². The Bertz CT molecular complexity index is 1330. The van der Waals surface area contributed by atoms with Crippen molar-refractivity contribution >= 4 is 41.2 Å². The average molecular weight is 570 g/mol. The number of amides is 2. The molecule has 0 radical (unpaired) electrons. The number of nitrogens with one attached hydrogen (secondary N) is 1. The molecule has 1 atom stereocenters. The summed E-state index contributed by atoms with van der Waals surface area (Å²) in [5.74, 6) is -0.779. The third-order valence-electron chi connectivity index (χ3n) is 5.06. The summed E-state index contributed by atoms with van der Waals surface area (Å²) in [4.78, 5) is 36.4. The van der Waals surface area contributed by atoms with Gasteiger partial charge >= 0.3 is 12.3 Å². The van der Waals surface area contributed by atoms with Crippen LogP contribution < -0.4 is 10.2 Å². The van der Waals surface area contributed by atoms with E-state index in [1.165, 1.54) is 22.7 Å². The van der Waals surface area contributed by atoms with Crippen molar-refractivity contribution < 1.29 is 32.0 Å². The molecule has 1 aromatic carbocycles. The predicted molar refractivity (Wildman–Crippen MR) is 134 cm³/mol. The molecule has 1 aliphatic rings. The quantitative estimate of drug-likeness (QED) is 0.433. The number of alkyl halides is 3. The first-order valence-electron chi connectivity index (χ1n) is 11.4. The zero-order valence-corrected chi connectivity index (χ0v) is 22.1. The normalized spacial score (nSPS) is 16.1. The molecule has 0 fully saturated rings. The maximum atomic E-state index is 13.7. The number of thioether (sulfide) groups is 1. The molecule has 9 nitrogen and oxygen atoms in total. The van der Waals surface area contributed by atoms with Gasteiger partial charge in [0.05, 0.1) is 11.4 Å². The molecule has 0 saturated heterocycles. The zero-order chi connectivity index (χ0) is 27.7. The topological polar surface area (TPSA) is 110 Å². The van der Waals surface area contributed by atoms with Gasteiger partial charge in [0.2, 0.25) is 0 Å². The molecule has 1 aliphatic heterocycles. The number of hydrogen-bond donors (Lipinski definition) is 1. The SMILES string of the molecule is CC(C)(C)OC(=O)N[C@H]1CSc2ccc(-c3nc(CC(F)(F)F)no3)nc2N(Cc2ccc(Cl)cc2)C1=O. The van der Waals surface area contributed by atoms with Crippen LogP contribution in [0.5, 0.6) is 0 Å². The lowest BCUT2D eigenvalue weighted by Gasteiger charge is -2.26. The van der Waals surface area contributed by atoms with Crippen molar-refractivity contribution in [1.29, 1.82) is 0 Å². The van der Waals surface area contributed by atoms with Crippen LogP contribution in [0.2, 0.25) is 5.02 Å². The number of halogens is 4. The molecule has 0 unspecified atom stereocenters. The Morgan fingerprint density at radius 1 is 1.18 bits per heavy atom. The smallest absolute Gasteiger partial charge is 0.408 e. The van der Waals surface area contributed by atoms with E-state index in [1.807, 2.05) is 0 Å². The number of pyridine rings is 1. The van der Waals surface area contributed by atoms with Crippen LogP contribution >= 0.6 is 23.4 Å². The minimum Gasteiger partial charge on any atom is -0.444 e. The van der Waals surface area contributed by atoms with Crippen molar-refractivity contribution in [1.82, 2.24) is 20.4 Å². The van der Waals surface area contributed by atoms with Crippen LogP contribution in [-0.2, 0) is 22.5 Å². The van der Waals surface area contributed by atoms with E-state index in [-0.39, 0.29) is 29.7 Å². The van der Waals surface area contributed by atoms with Gasteiger partial charge in [0.15, 0.2) is 5.82 Å². The summed E-state index contributed by atoms with van der Waals surface area (Å²) in [7, 11) is 0. The molecule has 2 aromatic heterocycles. The van der Waals surface area contributed by atoms with Crippen molar-refractivity contribution in [3.63, 3.8) is 0 Å². The summed E-state index contributed by atoms with van der Waals surface area (Å²) in [5.41, 5.74) is 0.0643. The second-order valence-corrected chi connectivity index (χ2v) is 10.9. The summed E-state index contributed by atoms with van der Waals surface area (Å²) < 4.78 is 48.5. The third-order valence-corrected chi connectivity index (χ3v) is 6.44. The van der Waals surface area contributed by atoms with Gasteiger partial charge in [0.1, 0.15) is 29.6 Å². The Hall–Kier alpha value is -3.32. The van der Waals surface area contributed by atoms with Crippen LogP contribution in [0.15, 0.2) is 45.8 Å². The second-order valence-electron chi connectivity index (χ2n) is 9.39. The highest BCUT2D eigenvalue weighted by molar-refractivity contribution is 7.99. The maximum Gasteiger partial charge on any atom is 0.408 e. The largest absolute Gasteiger partial charge is 0.444 e. The molecular formula is C24H23ClF3N5O4S. The van der Waals surface area contributed by atoms with Crippen LogP contribution in [0, 0.1) is 0 Å². The predicted octanol–water partition coefficient (Wildman–Crippen LogP) is 5.42. The van der Waals surface area contributed by atoms with Crippen LogP contribution in [-0.4, -0.2) is 50.7 Å². The Kier molecular flexibility index (Phi) is 7.88. The number of rotatable bonds is 5. The molecule has 2 amide bonds. The zero-order valence-electron chi connectivity index (χ0n) is 20.5. The van der Waals surface area contributed by atoms with Gasteiger partial charge in [-0.15, -0.1) is 11.8 Å². The molecule has 0 spiro atoms. The van der Waals surface area contributed by atoms with Crippen molar-refractivity contribution in [3.8, 4) is 11.6 Å². The number of carbonyl (C=O) groups excluding carboxylic acids is 2. The van der Waals surface area contributed by atoms with Gasteiger partial charge in [-0.3, -0.25) is 9.69 Å². The Labute approximate surface area is 225 Å². The molecule has 0 aliphatic carbocycles. The standard InChI is InChI=1S/C24H23ClF3N5O4S/c1-23(2,3)36-22(35)30-16-12-38-17-9-8-15(20-31-18(32-37-20)10-24(26,27)28)29-19(17)33(21(16)34)11-13-4-6-14(25)7-5-13/h4-9,16H,10-12H2,1-3H3,(H,30,35)/t16-/m0/s1. The highest BCUT2D eigenvalue weighted by Gasteiger charge is 2.35. The Morgan fingerprint density at radius 2 is 1.89 bits per heavy atom. The van der Waals surface area contributed by atoms with E-state index in [9.17, 15) is 22.8 Å². The van der Waals surface area contributed by atoms with Gasteiger partial charge in [-0.05, 0) is 50.6 Å². The second kappa shape index (κ2) is 10.8. The Morgan fingerprint density at radius 3 is 2.55 bits per heavy atom. The lowest BCUT2D eigenvalue weighted by molar-refractivity contribution is -0.128. The van der Waals surface area contributed by atoms with E-state index in [1.54, 1.807) is 51.1 Å². The van der Waals surface area contributed by atoms with E-state index in [0.29, 0.717) is 9.92 Å². The number of anilines is 1. The van der Waals surface area contributed by atoms with Gasteiger partial charge in [0, 0.05) is 10.8 Å². The molecule has 0 bridgehead atoms. The molecule has 3 heterocycles. The first-order valence-corrected chi connectivity index (χ1v) is 12.7. The van der Waals surface area contributed by atoms with E-state index >= 15 is 0 Å². The Balaban J connectivity index is 1.68. The molecule has 38 heavy (non-hydrogen) atoms. The summed E-state index contributed by atoms with van der Waals surface area (Å²) >= 11 is 7.29. The molecular weight excluding hydrogens is 547 g/mol. The monoisotopic (exact) mass is 569 g/mol. The lowest BCUT2D eigenvalue weighted by Crippen LogP contribution is -2.50. The number of ether oxygens (including phenoxy) is 1. The van der Waals surface area contributed by atoms with Crippen molar-refractivity contribution in [2.24, 2.45) is 0 Å². The number of alkyl carbamates (subject to hydrolysis) is 1. The van der Waals surface area contributed by atoms with Gasteiger partial charge in [-0.2, -0.15) is 18.2 Å². The summed E-state index contributed by atoms with van der Waals surface area (Å²) in [6.45, 7) is 5.21. The number of aromatic nitrogens is 3. The summed E-state index contributed by atoms with van der Waals surface area (Å²) in [6, 6.07) is 9.08. The van der Waals surface area contributed by atoms with Crippen molar-refractivity contribution in [2.45, 2.75) is 56.5 Å². The lowest BCUT2D eigenvalue weighted by atomic mass is 10.2. The van der Waals surface area contributed by atoms with E-state index < -0.39 is 42.1 Å². The summed E-state index contributed by atoms with van der Waals surface area (Å²) in [6.07, 6.45) is -6.60. The molecule has 14 heteroatoms. The average Bonchev–Trinajstić information content (AvgIpc) is 3.22. The molecule has 0 saturated carbocycles. The number of nitrogens with zero attached hydrogens (tertiary/aromatic N) is 4. The maximum absolute atomic E-state index is 13.7. The first kappa shape index (κ1) is 27.7. The summed E-state index contributed by atoms with van der Waals surface area (Å²) in [5, 5.41) is 6.53. The minimum absolute atomic E-state index is 0.0790. The first-order chi connectivity index (χ1) is 17.8. The van der Waals surface area contributed by atoms with Gasteiger partial charge < -0.3 is 14.6 Å². The molecule has 3 aromatic rings. The van der Waals surface area contributed by atoms with Crippen LogP contribution in [0.1, 0.15) is 32.2 Å². The van der Waals surface area contributed by atoms with Gasteiger partial charge in [0.25, 0.3) is 11.8 Å². The fraction of sp³-hybridized carbons (Fsp3) is 0.375. The fourth-order valence-electron chi connectivity index (χ4n) is 3.49. The fourth-order valence-corrected chi connectivity index (χ4v) is 4.63. The van der Waals surface area contributed by atoms with Crippen molar-refractivity contribution in [3.05, 3.63) is 52.8 Å². The number of carbonyl (C=O) groups is 2. The molecule has 202 valence electrons. The van der Waals surface area contributed by atoms with Crippen LogP contribution in [0.25, 0.3) is 11.6 Å². The molecule has 1 N–H and O–H groups in total. The van der Waals surface area contributed by atoms with E-state index in [2.05, 4.69) is 20.4 Å². The number of benzene rings is 1. The van der Waals surface area contributed by atoms with E-state index in [4.69, 9.17) is 20.9 Å². The van der Waals surface area contributed by atoms with Gasteiger partial charge in [-0.25, -0.2) is 9.78 Å². The number of hydrogen-bond acceptors (Lipinski definition) is 8. The third kappa shape index (κ3) is 7.16. The number of fused-ring (bicyclic) bond motifs is 1. The van der Waals surface area contributed by atoms with Crippen LogP contribution in [0.3, 0.4) is 0 Å².